The molecule has 20 heavy (non-hydrogen) atoms. The van der Waals surface area contributed by atoms with Crippen molar-refractivity contribution in [2.45, 2.75) is 26.2 Å². The minimum Gasteiger partial charge on any atom is -0.380 e. The smallest absolute Gasteiger partial charge is 0.0775 e. The van der Waals surface area contributed by atoms with Crippen molar-refractivity contribution >= 4 is 46.5 Å². The maximum atomic E-state index is 6.08. The summed E-state index contributed by atoms with van der Waals surface area (Å²) in [7, 11) is -1.20. The molecule has 106 valence electrons. The number of hydrogen-bond acceptors (Lipinski definition) is 1. The summed E-state index contributed by atoms with van der Waals surface area (Å²) in [6, 6.07) is 14.8. The lowest BCUT2D eigenvalue weighted by Gasteiger charge is -2.17. The van der Waals surface area contributed by atoms with Gasteiger partial charge in [-0.15, -0.1) is 0 Å². The summed E-state index contributed by atoms with van der Waals surface area (Å²) < 4.78 is 0.917. The molecule has 0 amide bonds. The lowest BCUT2D eigenvalue weighted by Crippen LogP contribution is -2.37. The fourth-order valence-corrected chi connectivity index (χ4v) is 3.71. The number of rotatable bonds is 4. The molecule has 4 heteroatoms. The molecule has 0 aromatic heterocycles. The lowest BCUT2D eigenvalue weighted by molar-refractivity contribution is 1.15. The predicted octanol–water partition coefficient (Wildman–Crippen LogP) is 5.26. The van der Waals surface area contributed by atoms with Crippen molar-refractivity contribution in [3.05, 3.63) is 57.5 Å². The van der Waals surface area contributed by atoms with Gasteiger partial charge in [0.25, 0.3) is 0 Å². The van der Waals surface area contributed by atoms with E-state index < -0.39 is 8.07 Å². The zero-order chi connectivity index (χ0) is 14.8. The minimum atomic E-state index is -1.20. The van der Waals surface area contributed by atoms with Gasteiger partial charge in [0.05, 0.1) is 23.3 Å². The van der Waals surface area contributed by atoms with Crippen molar-refractivity contribution in [3.63, 3.8) is 0 Å². The molecule has 0 heterocycles. The Morgan fingerprint density at radius 3 is 2.30 bits per heavy atom. The molecular weight excluding hydrogens is 350 g/mol. The number of benzene rings is 2. The first-order valence-electron chi connectivity index (χ1n) is 6.65. The van der Waals surface area contributed by atoms with Crippen LogP contribution in [-0.2, 0) is 6.54 Å². The van der Waals surface area contributed by atoms with Gasteiger partial charge >= 0.3 is 0 Å². The van der Waals surface area contributed by atoms with Crippen LogP contribution in [0.15, 0.2) is 46.9 Å². The molecule has 2 aromatic rings. The molecule has 0 aliphatic heterocycles. The minimum absolute atomic E-state index is 0.726. The lowest BCUT2D eigenvalue weighted by atomic mass is 10.2. The van der Waals surface area contributed by atoms with Gasteiger partial charge in [0, 0.05) is 6.54 Å². The number of hydrogen-bond donors (Lipinski definition) is 1. The zero-order valence-electron chi connectivity index (χ0n) is 12.0. The third-order valence-corrected chi connectivity index (χ3v) is 6.72. The number of nitrogens with one attached hydrogen (secondary N) is 1. The van der Waals surface area contributed by atoms with E-state index in [2.05, 4.69) is 65.2 Å². The second-order valence-corrected chi connectivity index (χ2v) is 12.2. The van der Waals surface area contributed by atoms with Gasteiger partial charge in [0.2, 0.25) is 0 Å². The Morgan fingerprint density at radius 1 is 1.05 bits per heavy atom. The van der Waals surface area contributed by atoms with Crippen LogP contribution in [0, 0.1) is 0 Å². The molecule has 0 bridgehead atoms. The Bertz CT molecular complexity index is 590. The van der Waals surface area contributed by atoms with E-state index in [9.17, 15) is 0 Å². The normalized spacial score (nSPS) is 11.4. The van der Waals surface area contributed by atoms with Crippen LogP contribution < -0.4 is 10.5 Å². The Balaban J connectivity index is 2.06. The van der Waals surface area contributed by atoms with E-state index in [1.54, 1.807) is 0 Å². The molecule has 0 fully saturated rings. The second kappa shape index (κ2) is 6.33. The average molecular weight is 369 g/mol. The van der Waals surface area contributed by atoms with Gasteiger partial charge in [0.15, 0.2) is 0 Å². The average Bonchev–Trinajstić information content (AvgIpc) is 2.40. The zero-order valence-corrected chi connectivity index (χ0v) is 15.3. The van der Waals surface area contributed by atoms with Crippen molar-refractivity contribution in [1.82, 2.24) is 0 Å². The van der Waals surface area contributed by atoms with Gasteiger partial charge in [-0.1, -0.05) is 66.8 Å². The summed E-state index contributed by atoms with van der Waals surface area (Å²) >= 11 is 9.59. The molecule has 0 atom stereocenters. The van der Waals surface area contributed by atoms with Crippen LogP contribution in [0.4, 0.5) is 5.69 Å². The first kappa shape index (κ1) is 15.6. The molecule has 0 saturated carbocycles. The molecule has 2 aromatic carbocycles. The molecule has 0 aliphatic rings. The van der Waals surface area contributed by atoms with Crippen LogP contribution in [-0.4, -0.2) is 8.07 Å². The fourth-order valence-electron chi connectivity index (χ4n) is 1.96. The van der Waals surface area contributed by atoms with E-state index in [4.69, 9.17) is 11.6 Å². The van der Waals surface area contributed by atoms with E-state index >= 15 is 0 Å². The molecular formula is C16H19BrClNSi. The van der Waals surface area contributed by atoms with Gasteiger partial charge < -0.3 is 5.32 Å². The third kappa shape index (κ3) is 3.87. The van der Waals surface area contributed by atoms with Gasteiger partial charge in [-0.25, -0.2) is 0 Å². The third-order valence-electron chi connectivity index (χ3n) is 3.25. The summed E-state index contributed by atoms with van der Waals surface area (Å²) in [5.74, 6) is 0. The quantitative estimate of drug-likeness (QED) is 0.726. The molecule has 1 nitrogen and oxygen atoms in total. The summed E-state index contributed by atoms with van der Waals surface area (Å²) in [4.78, 5) is 0. The Kier molecular flexibility index (Phi) is 4.94. The second-order valence-electron chi connectivity index (χ2n) is 5.90. The summed E-state index contributed by atoms with van der Waals surface area (Å²) in [5.41, 5.74) is 2.30. The van der Waals surface area contributed by atoms with E-state index in [0.29, 0.717) is 0 Å². The highest BCUT2D eigenvalue weighted by Crippen LogP contribution is 2.30. The first-order valence-corrected chi connectivity index (χ1v) is 11.3. The van der Waals surface area contributed by atoms with Crippen LogP contribution >= 0.6 is 27.5 Å². The Hall–Kier alpha value is -0.773. The largest absolute Gasteiger partial charge is 0.380 e. The standard InChI is InChI=1S/C16H19BrClNSi/c1-20(2,3)13-9-7-12(8-10-13)11-19-15-6-4-5-14(18)16(15)17/h4-10,19H,11H2,1-3H3. The monoisotopic (exact) mass is 367 g/mol. The predicted molar refractivity (Wildman–Crippen MR) is 95.9 cm³/mol. The summed E-state index contributed by atoms with van der Waals surface area (Å²) in [5, 5.41) is 5.63. The maximum Gasteiger partial charge on any atom is 0.0775 e. The van der Waals surface area contributed by atoms with Crippen molar-refractivity contribution < 1.29 is 0 Å². The van der Waals surface area contributed by atoms with Gasteiger partial charge in [-0.2, -0.15) is 0 Å². The van der Waals surface area contributed by atoms with Gasteiger partial charge in [-0.05, 0) is 33.6 Å². The summed E-state index contributed by atoms with van der Waals surface area (Å²) in [6.07, 6.45) is 0. The van der Waals surface area contributed by atoms with Crippen molar-refractivity contribution in [2.24, 2.45) is 0 Å². The number of anilines is 1. The highest BCUT2D eigenvalue weighted by atomic mass is 79.9. The van der Waals surface area contributed by atoms with E-state index in [0.717, 1.165) is 21.7 Å². The number of halogens is 2. The Labute approximate surface area is 135 Å². The molecule has 0 radical (unpaired) electrons. The van der Waals surface area contributed by atoms with Crippen LogP contribution in [0.1, 0.15) is 5.56 Å². The molecule has 1 N–H and O–H groups in total. The van der Waals surface area contributed by atoms with Crippen molar-refractivity contribution in [1.29, 1.82) is 0 Å². The molecule has 2 rings (SSSR count). The van der Waals surface area contributed by atoms with Crippen molar-refractivity contribution in [2.75, 3.05) is 5.32 Å². The van der Waals surface area contributed by atoms with Crippen LogP contribution in [0.2, 0.25) is 24.7 Å². The van der Waals surface area contributed by atoms with Crippen LogP contribution in [0.25, 0.3) is 0 Å². The SMILES string of the molecule is C[Si](C)(C)c1ccc(CNc2cccc(Cl)c2Br)cc1. The molecule has 0 aliphatic carbocycles. The highest BCUT2D eigenvalue weighted by molar-refractivity contribution is 9.10. The molecule has 0 spiro atoms. The van der Waals surface area contributed by atoms with Gasteiger partial charge in [-0.3, -0.25) is 0 Å². The van der Waals surface area contributed by atoms with E-state index in [1.807, 2.05) is 18.2 Å². The van der Waals surface area contributed by atoms with Crippen molar-refractivity contribution in [3.8, 4) is 0 Å². The topological polar surface area (TPSA) is 12.0 Å². The first-order chi connectivity index (χ1) is 9.38. The molecule has 0 saturated heterocycles. The highest BCUT2D eigenvalue weighted by Gasteiger charge is 2.15. The van der Waals surface area contributed by atoms with E-state index in [1.165, 1.54) is 10.8 Å². The van der Waals surface area contributed by atoms with E-state index in [-0.39, 0.29) is 0 Å². The summed E-state index contributed by atoms with van der Waals surface area (Å²) in [6.45, 7) is 7.89. The molecule has 0 unspecified atom stereocenters. The fraction of sp³-hybridized carbons (Fsp3) is 0.250. The van der Waals surface area contributed by atoms with Gasteiger partial charge in [0.1, 0.15) is 0 Å². The van der Waals surface area contributed by atoms with Crippen LogP contribution in [0.5, 0.6) is 0 Å². The Morgan fingerprint density at radius 2 is 1.70 bits per heavy atom. The van der Waals surface area contributed by atoms with Crippen LogP contribution in [0.3, 0.4) is 0 Å². The maximum absolute atomic E-state index is 6.08.